The van der Waals surface area contributed by atoms with Crippen molar-refractivity contribution in [2.45, 2.75) is 71.4 Å². The number of aromatic nitrogens is 1. The van der Waals surface area contributed by atoms with Crippen molar-refractivity contribution in [3.63, 3.8) is 0 Å². The van der Waals surface area contributed by atoms with Crippen LogP contribution in [0.1, 0.15) is 67.1 Å². The smallest absolute Gasteiger partial charge is 0.253 e. The van der Waals surface area contributed by atoms with Crippen LogP contribution in [0.4, 0.5) is 5.69 Å². The van der Waals surface area contributed by atoms with Gasteiger partial charge in [-0.1, -0.05) is 11.6 Å². The van der Waals surface area contributed by atoms with Gasteiger partial charge in [0.05, 0.1) is 16.9 Å². The molecular formula is C28H39ClN4O3S. The summed E-state index contributed by atoms with van der Waals surface area (Å²) in [7, 11) is 0. The molecule has 1 atom stereocenters. The van der Waals surface area contributed by atoms with Crippen LogP contribution in [0, 0.1) is 19.8 Å². The number of nitrogens with zero attached hydrogens (tertiary/aromatic N) is 3. The van der Waals surface area contributed by atoms with E-state index in [1.54, 1.807) is 17.4 Å². The van der Waals surface area contributed by atoms with Crippen LogP contribution in [0.25, 0.3) is 0 Å². The van der Waals surface area contributed by atoms with Crippen molar-refractivity contribution >= 4 is 40.4 Å². The Morgan fingerprint density at radius 3 is 2.62 bits per heavy atom. The van der Waals surface area contributed by atoms with Gasteiger partial charge in [0.1, 0.15) is 5.15 Å². The molecule has 0 spiro atoms. The molecule has 202 valence electrons. The highest BCUT2D eigenvalue weighted by Crippen LogP contribution is 2.30. The first-order chi connectivity index (χ1) is 17.8. The van der Waals surface area contributed by atoms with Crippen LogP contribution in [0.5, 0.6) is 0 Å². The van der Waals surface area contributed by atoms with Crippen LogP contribution >= 0.6 is 22.9 Å². The molecule has 2 saturated heterocycles. The molecule has 0 aliphatic carbocycles. The molecule has 2 aromatic rings. The molecule has 2 aliphatic heterocycles. The quantitative estimate of drug-likeness (QED) is 0.436. The number of likely N-dealkylation sites (tertiary alicyclic amines) is 1. The minimum absolute atomic E-state index is 0.0977. The Morgan fingerprint density at radius 1 is 1.24 bits per heavy atom. The molecule has 2 fully saturated rings. The molecule has 0 aromatic carbocycles. The van der Waals surface area contributed by atoms with Crippen molar-refractivity contribution < 1.29 is 14.3 Å². The first-order valence-electron chi connectivity index (χ1n) is 13.4. The number of hydrogen-bond donors (Lipinski definition) is 1. The second-order valence-electron chi connectivity index (χ2n) is 10.4. The van der Waals surface area contributed by atoms with Crippen molar-refractivity contribution in [1.82, 2.24) is 15.2 Å². The first-order valence-corrected chi connectivity index (χ1v) is 14.7. The van der Waals surface area contributed by atoms with Crippen LogP contribution in [0.3, 0.4) is 0 Å². The van der Waals surface area contributed by atoms with Gasteiger partial charge in [-0.15, -0.1) is 0 Å². The number of amides is 2. The normalized spacial score (nSPS) is 18.5. The Labute approximate surface area is 229 Å². The molecule has 4 rings (SSSR count). The van der Waals surface area contributed by atoms with E-state index in [4.69, 9.17) is 16.3 Å². The maximum absolute atomic E-state index is 13.4. The summed E-state index contributed by atoms with van der Waals surface area (Å²) in [5, 5.41) is 7.62. The Bertz CT molecular complexity index is 1030. The van der Waals surface area contributed by atoms with Gasteiger partial charge in [0.2, 0.25) is 5.91 Å². The highest BCUT2D eigenvalue weighted by Gasteiger charge is 2.32. The van der Waals surface area contributed by atoms with Gasteiger partial charge in [0, 0.05) is 56.7 Å². The minimum atomic E-state index is -0.0977. The third-order valence-electron chi connectivity index (χ3n) is 7.79. The van der Waals surface area contributed by atoms with Gasteiger partial charge < -0.3 is 19.9 Å². The fraction of sp³-hybridized carbons (Fsp3) is 0.607. The maximum atomic E-state index is 13.4. The molecule has 9 heteroatoms. The summed E-state index contributed by atoms with van der Waals surface area (Å²) in [5.74, 6) is 0.579. The number of pyridine rings is 1. The van der Waals surface area contributed by atoms with E-state index in [0.29, 0.717) is 41.3 Å². The standard InChI is InChI=1S/C28H39ClN4O3S/c1-19-16-25(29)31-21(3)27(19)28(35)30-10-4-20(2)32-11-5-23(6-12-32)33(24-9-15-37-18-24)26(34)17-22-7-13-36-14-8-22/h9,15-16,18,20,22-23H,4-8,10-14,17H2,1-3H3,(H,30,35)/t20-/m1/s1. The van der Waals surface area contributed by atoms with Gasteiger partial charge in [-0.25, -0.2) is 4.98 Å². The summed E-state index contributed by atoms with van der Waals surface area (Å²) in [6.45, 7) is 9.95. The average Bonchev–Trinajstić information content (AvgIpc) is 3.39. The zero-order valence-corrected chi connectivity index (χ0v) is 23.7. The number of nitrogens with one attached hydrogen (secondary N) is 1. The number of aryl methyl sites for hydroxylation is 2. The molecule has 7 nitrogen and oxygen atoms in total. The SMILES string of the molecule is Cc1cc(Cl)nc(C)c1C(=O)NCC[C@@H](C)N1CCC(N(C(=O)CC2CCOCC2)c2ccsc2)CC1. The molecular weight excluding hydrogens is 508 g/mol. The summed E-state index contributed by atoms with van der Waals surface area (Å²) in [6, 6.07) is 4.38. The molecule has 0 saturated carbocycles. The topological polar surface area (TPSA) is 74.8 Å². The van der Waals surface area contributed by atoms with Gasteiger partial charge in [-0.3, -0.25) is 9.59 Å². The number of halogens is 1. The number of carbonyl (C=O) groups excluding carboxylic acids is 2. The monoisotopic (exact) mass is 546 g/mol. The minimum Gasteiger partial charge on any atom is -0.381 e. The molecule has 4 heterocycles. The summed E-state index contributed by atoms with van der Waals surface area (Å²) >= 11 is 7.65. The van der Waals surface area contributed by atoms with E-state index in [1.807, 2.05) is 13.8 Å². The summed E-state index contributed by atoms with van der Waals surface area (Å²) in [5.41, 5.74) is 3.14. The Hall–Kier alpha value is -2.00. The Morgan fingerprint density at radius 2 is 1.97 bits per heavy atom. The maximum Gasteiger partial charge on any atom is 0.253 e. The zero-order valence-electron chi connectivity index (χ0n) is 22.2. The zero-order chi connectivity index (χ0) is 26.4. The lowest BCUT2D eigenvalue weighted by molar-refractivity contribution is -0.120. The predicted molar refractivity (Wildman–Crippen MR) is 150 cm³/mol. The number of hydrogen-bond acceptors (Lipinski definition) is 6. The average molecular weight is 547 g/mol. The number of piperidine rings is 1. The van der Waals surface area contributed by atoms with E-state index >= 15 is 0 Å². The molecule has 0 unspecified atom stereocenters. The number of anilines is 1. The van der Waals surface area contributed by atoms with Crippen LogP contribution in [0.15, 0.2) is 22.9 Å². The van der Waals surface area contributed by atoms with Crippen LogP contribution in [0.2, 0.25) is 5.15 Å². The highest BCUT2D eigenvalue weighted by atomic mass is 35.5. The van der Waals surface area contributed by atoms with Gasteiger partial charge >= 0.3 is 0 Å². The third kappa shape index (κ3) is 7.31. The van der Waals surface area contributed by atoms with E-state index in [2.05, 4.69) is 43.9 Å². The fourth-order valence-corrected chi connectivity index (χ4v) is 6.55. The number of ether oxygens (including phenoxy) is 1. The first kappa shape index (κ1) is 28.0. The summed E-state index contributed by atoms with van der Waals surface area (Å²) < 4.78 is 5.48. The van der Waals surface area contributed by atoms with E-state index in [0.717, 1.165) is 69.7 Å². The van der Waals surface area contributed by atoms with Crippen molar-refractivity contribution in [2.24, 2.45) is 5.92 Å². The Balaban J connectivity index is 1.27. The van der Waals surface area contributed by atoms with Crippen molar-refractivity contribution in [2.75, 3.05) is 37.7 Å². The van der Waals surface area contributed by atoms with E-state index in [9.17, 15) is 9.59 Å². The van der Waals surface area contributed by atoms with Gasteiger partial charge in [-0.2, -0.15) is 11.3 Å². The molecule has 2 amide bonds. The molecule has 0 bridgehead atoms. The molecule has 2 aromatic heterocycles. The van der Waals surface area contributed by atoms with E-state index < -0.39 is 0 Å². The molecule has 1 N–H and O–H groups in total. The largest absolute Gasteiger partial charge is 0.381 e. The van der Waals surface area contributed by atoms with Crippen molar-refractivity contribution in [3.05, 3.63) is 44.9 Å². The molecule has 2 aliphatic rings. The number of carbonyl (C=O) groups is 2. The Kier molecular flexibility index (Phi) is 9.98. The van der Waals surface area contributed by atoms with Gasteiger partial charge in [-0.05, 0) is 81.9 Å². The van der Waals surface area contributed by atoms with Crippen LogP contribution < -0.4 is 10.2 Å². The molecule has 37 heavy (non-hydrogen) atoms. The van der Waals surface area contributed by atoms with Gasteiger partial charge in [0.15, 0.2) is 0 Å². The van der Waals surface area contributed by atoms with Gasteiger partial charge in [0.25, 0.3) is 5.91 Å². The number of rotatable bonds is 9. The lowest BCUT2D eigenvalue weighted by atomic mass is 9.94. The van der Waals surface area contributed by atoms with E-state index in [1.165, 1.54) is 0 Å². The second-order valence-corrected chi connectivity index (χ2v) is 11.6. The summed E-state index contributed by atoms with van der Waals surface area (Å²) in [6.07, 6.45) is 5.35. The third-order valence-corrected chi connectivity index (χ3v) is 8.65. The van der Waals surface area contributed by atoms with Crippen LogP contribution in [-0.4, -0.2) is 66.6 Å². The number of thiophene rings is 1. The van der Waals surface area contributed by atoms with Crippen molar-refractivity contribution in [1.29, 1.82) is 0 Å². The second kappa shape index (κ2) is 13.2. The van der Waals surface area contributed by atoms with E-state index in [-0.39, 0.29) is 17.9 Å². The lowest BCUT2D eigenvalue weighted by Gasteiger charge is -2.41. The lowest BCUT2D eigenvalue weighted by Crippen LogP contribution is -2.50. The van der Waals surface area contributed by atoms with Crippen LogP contribution in [-0.2, 0) is 9.53 Å². The van der Waals surface area contributed by atoms with Crippen molar-refractivity contribution in [3.8, 4) is 0 Å². The molecule has 0 radical (unpaired) electrons. The fourth-order valence-electron chi connectivity index (χ4n) is 5.63. The summed E-state index contributed by atoms with van der Waals surface area (Å²) in [4.78, 5) is 35.0. The highest BCUT2D eigenvalue weighted by molar-refractivity contribution is 7.08. The predicted octanol–water partition coefficient (Wildman–Crippen LogP) is 5.24.